The van der Waals surface area contributed by atoms with E-state index in [1.165, 1.54) is 12.1 Å². The SMILES string of the molecule is CCc1ccc(S(=O)(=O)NC(=O)C2Cc3ccccc3CO2)cc1. The number of hydrogen-bond donors (Lipinski definition) is 1. The number of rotatable bonds is 4. The molecule has 0 aromatic heterocycles. The maximum absolute atomic E-state index is 12.3. The van der Waals surface area contributed by atoms with E-state index in [2.05, 4.69) is 4.72 Å². The molecular weight excluding hydrogens is 326 g/mol. The second-order valence-electron chi connectivity index (χ2n) is 5.74. The van der Waals surface area contributed by atoms with Gasteiger partial charge >= 0.3 is 0 Å². The van der Waals surface area contributed by atoms with Crippen LogP contribution in [0, 0.1) is 0 Å². The zero-order valence-electron chi connectivity index (χ0n) is 13.4. The molecule has 0 saturated carbocycles. The highest BCUT2D eigenvalue weighted by molar-refractivity contribution is 7.90. The van der Waals surface area contributed by atoms with E-state index in [0.717, 1.165) is 23.1 Å². The Morgan fingerprint density at radius 1 is 1.12 bits per heavy atom. The molecule has 1 amide bonds. The molecule has 0 bridgehead atoms. The van der Waals surface area contributed by atoms with Crippen molar-refractivity contribution >= 4 is 15.9 Å². The fraction of sp³-hybridized carbons (Fsp3) is 0.278. The third-order valence-electron chi connectivity index (χ3n) is 4.13. The number of sulfonamides is 1. The Labute approximate surface area is 141 Å². The monoisotopic (exact) mass is 345 g/mol. The van der Waals surface area contributed by atoms with E-state index in [9.17, 15) is 13.2 Å². The molecule has 5 nitrogen and oxygen atoms in total. The Kier molecular flexibility index (Phi) is 4.69. The van der Waals surface area contributed by atoms with Crippen molar-refractivity contribution < 1.29 is 17.9 Å². The summed E-state index contributed by atoms with van der Waals surface area (Å²) in [7, 11) is -3.89. The summed E-state index contributed by atoms with van der Waals surface area (Å²) < 4.78 is 32.3. The van der Waals surface area contributed by atoms with Gasteiger partial charge in [0.05, 0.1) is 11.5 Å². The molecule has 1 heterocycles. The minimum atomic E-state index is -3.89. The molecule has 1 aliphatic heterocycles. The fourth-order valence-electron chi connectivity index (χ4n) is 2.68. The van der Waals surface area contributed by atoms with E-state index >= 15 is 0 Å². The first-order chi connectivity index (χ1) is 11.5. The van der Waals surface area contributed by atoms with Gasteiger partial charge < -0.3 is 4.74 Å². The summed E-state index contributed by atoms with van der Waals surface area (Å²) in [6, 6.07) is 14.2. The van der Waals surface area contributed by atoms with Crippen molar-refractivity contribution in [2.75, 3.05) is 0 Å². The van der Waals surface area contributed by atoms with E-state index in [4.69, 9.17) is 4.74 Å². The molecule has 1 atom stereocenters. The van der Waals surface area contributed by atoms with Gasteiger partial charge in [-0.25, -0.2) is 13.1 Å². The third-order valence-corrected chi connectivity index (χ3v) is 5.50. The molecule has 1 unspecified atom stereocenters. The van der Waals surface area contributed by atoms with Gasteiger partial charge in [0.25, 0.3) is 15.9 Å². The highest BCUT2D eigenvalue weighted by Gasteiger charge is 2.28. The Hall–Kier alpha value is -2.18. The summed E-state index contributed by atoms with van der Waals surface area (Å²) >= 11 is 0. The number of carbonyl (C=O) groups excluding carboxylic acids is 1. The molecule has 0 spiro atoms. The van der Waals surface area contributed by atoms with Crippen molar-refractivity contribution in [1.82, 2.24) is 4.72 Å². The Morgan fingerprint density at radius 2 is 1.79 bits per heavy atom. The number of aryl methyl sites for hydroxylation is 1. The van der Waals surface area contributed by atoms with E-state index in [1.54, 1.807) is 12.1 Å². The van der Waals surface area contributed by atoms with Crippen LogP contribution in [0.1, 0.15) is 23.6 Å². The van der Waals surface area contributed by atoms with Gasteiger partial charge in [-0.1, -0.05) is 43.3 Å². The second-order valence-corrected chi connectivity index (χ2v) is 7.42. The van der Waals surface area contributed by atoms with Gasteiger partial charge in [-0.3, -0.25) is 4.79 Å². The van der Waals surface area contributed by atoms with Gasteiger partial charge in [-0.15, -0.1) is 0 Å². The van der Waals surface area contributed by atoms with E-state index < -0.39 is 22.0 Å². The molecule has 1 aliphatic rings. The maximum Gasteiger partial charge on any atom is 0.264 e. The molecule has 126 valence electrons. The Morgan fingerprint density at radius 3 is 2.46 bits per heavy atom. The van der Waals surface area contributed by atoms with Crippen LogP contribution in [0.4, 0.5) is 0 Å². The van der Waals surface area contributed by atoms with Gasteiger partial charge in [-0.2, -0.15) is 0 Å². The van der Waals surface area contributed by atoms with Crippen molar-refractivity contribution in [1.29, 1.82) is 0 Å². The van der Waals surface area contributed by atoms with Crippen molar-refractivity contribution in [3.63, 3.8) is 0 Å². The topological polar surface area (TPSA) is 72.5 Å². The van der Waals surface area contributed by atoms with Crippen LogP contribution in [-0.4, -0.2) is 20.4 Å². The zero-order valence-corrected chi connectivity index (χ0v) is 14.2. The second kappa shape index (κ2) is 6.75. The largest absolute Gasteiger partial charge is 0.363 e. The number of benzene rings is 2. The first-order valence-electron chi connectivity index (χ1n) is 7.83. The Balaban J connectivity index is 1.72. The number of carbonyl (C=O) groups is 1. The lowest BCUT2D eigenvalue weighted by Crippen LogP contribution is -2.42. The van der Waals surface area contributed by atoms with Crippen molar-refractivity contribution in [3.8, 4) is 0 Å². The van der Waals surface area contributed by atoms with Gasteiger partial charge in [0.2, 0.25) is 0 Å². The molecule has 6 heteroatoms. The van der Waals surface area contributed by atoms with Gasteiger partial charge in [-0.05, 0) is 35.2 Å². The van der Waals surface area contributed by atoms with Crippen LogP contribution in [0.2, 0.25) is 0 Å². The third kappa shape index (κ3) is 3.49. The summed E-state index contributed by atoms with van der Waals surface area (Å²) in [6.07, 6.45) is 0.387. The lowest BCUT2D eigenvalue weighted by Gasteiger charge is -2.24. The summed E-state index contributed by atoms with van der Waals surface area (Å²) in [6.45, 7) is 2.29. The molecule has 24 heavy (non-hydrogen) atoms. The van der Waals surface area contributed by atoms with E-state index in [1.807, 2.05) is 31.2 Å². The average molecular weight is 345 g/mol. The number of nitrogens with one attached hydrogen (secondary N) is 1. The van der Waals surface area contributed by atoms with Crippen LogP contribution in [0.5, 0.6) is 0 Å². The van der Waals surface area contributed by atoms with Crippen LogP contribution >= 0.6 is 0 Å². The van der Waals surface area contributed by atoms with Crippen LogP contribution in [0.15, 0.2) is 53.4 Å². The van der Waals surface area contributed by atoms with Gasteiger partial charge in [0.1, 0.15) is 6.10 Å². The Bertz CT molecular complexity index is 844. The summed E-state index contributed by atoms with van der Waals surface area (Å²) in [5.41, 5.74) is 3.07. The number of fused-ring (bicyclic) bond motifs is 1. The van der Waals surface area contributed by atoms with Gasteiger partial charge in [0, 0.05) is 6.42 Å². The number of ether oxygens (including phenoxy) is 1. The van der Waals surface area contributed by atoms with Crippen LogP contribution in [0.3, 0.4) is 0 Å². The molecule has 3 rings (SSSR count). The summed E-state index contributed by atoms with van der Waals surface area (Å²) in [5, 5.41) is 0. The molecular formula is C18H19NO4S. The van der Waals surface area contributed by atoms with Crippen molar-refractivity contribution in [2.24, 2.45) is 0 Å². The predicted molar refractivity (Wildman–Crippen MR) is 89.9 cm³/mol. The summed E-state index contributed by atoms with van der Waals surface area (Å²) in [5.74, 6) is -0.635. The zero-order chi connectivity index (χ0) is 17.2. The van der Waals surface area contributed by atoms with Crippen LogP contribution in [-0.2, 0) is 39.0 Å². The first-order valence-corrected chi connectivity index (χ1v) is 9.32. The van der Waals surface area contributed by atoms with Crippen LogP contribution in [0.25, 0.3) is 0 Å². The molecule has 0 aliphatic carbocycles. The first kappa shape index (κ1) is 16.7. The van der Waals surface area contributed by atoms with E-state index in [0.29, 0.717) is 13.0 Å². The molecule has 2 aromatic rings. The minimum absolute atomic E-state index is 0.0734. The minimum Gasteiger partial charge on any atom is -0.363 e. The predicted octanol–water partition coefficient (Wildman–Crippen LogP) is 2.20. The van der Waals surface area contributed by atoms with Crippen molar-refractivity contribution in [3.05, 3.63) is 65.2 Å². The maximum atomic E-state index is 12.3. The average Bonchev–Trinajstić information content (AvgIpc) is 2.61. The lowest BCUT2D eigenvalue weighted by atomic mass is 9.99. The standard InChI is InChI=1S/C18H19NO4S/c1-2-13-7-9-16(10-8-13)24(21,22)19-18(20)17-11-14-5-3-4-6-15(14)12-23-17/h3-10,17H,2,11-12H2,1H3,(H,19,20). The molecule has 2 aromatic carbocycles. The van der Waals surface area contributed by atoms with Crippen molar-refractivity contribution in [2.45, 2.75) is 37.4 Å². The molecule has 0 saturated heterocycles. The molecule has 1 N–H and O–H groups in total. The summed E-state index contributed by atoms with van der Waals surface area (Å²) in [4.78, 5) is 12.4. The highest BCUT2D eigenvalue weighted by Crippen LogP contribution is 2.21. The van der Waals surface area contributed by atoms with E-state index in [-0.39, 0.29) is 4.90 Å². The molecule has 0 fully saturated rings. The van der Waals surface area contributed by atoms with Crippen LogP contribution < -0.4 is 4.72 Å². The molecule has 0 radical (unpaired) electrons. The number of amides is 1. The fourth-order valence-corrected chi connectivity index (χ4v) is 3.68. The quantitative estimate of drug-likeness (QED) is 0.922. The highest BCUT2D eigenvalue weighted by atomic mass is 32.2. The normalized spacial score (nSPS) is 17.1. The lowest BCUT2D eigenvalue weighted by molar-refractivity contribution is -0.132. The smallest absolute Gasteiger partial charge is 0.264 e. The number of hydrogen-bond acceptors (Lipinski definition) is 4. The van der Waals surface area contributed by atoms with Gasteiger partial charge in [0.15, 0.2) is 0 Å².